The number of hydrogen-bond donors (Lipinski definition) is 1. The van der Waals surface area contributed by atoms with Gasteiger partial charge in [-0.3, -0.25) is 4.79 Å². The fourth-order valence-electron chi connectivity index (χ4n) is 3.00. The highest BCUT2D eigenvalue weighted by Gasteiger charge is 2.08. The van der Waals surface area contributed by atoms with Crippen LogP contribution in [0, 0.1) is 0 Å². The van der Waals surface area contributed by atoms with Gasteiger partial charge in [0.1, 0.15) is 5.75 Å². The summed E-state index contributed by atoms with van der Waals surface area (Å²) in [6, 6.07) is 25.3. The number of halogens is 1. The number of carbonyl (C=O) groups is 1. The molecule has 0 bridgehead atoms. The third-order valence-electron chi connectivity index (χ3n) is 4.74. The molecule has 0 fully saturated rings. The number of ether oxygens (including phenoxy) is 1. The van der Waals surface area contributed by atoms with Crippen molar-refractivity contribution in [2.24, 2.45) is 5.10 Å². The highest BCUT2D eigenvalue weighted by atomic mass is 35.5. The van der Waals surface area contributed by atoms with Crippen LogP contribution in [0.25, 0.3) is 11.3 Å². The Kier molecular flexibility index (Phi) is 8.73. The van der Waals surface area contributed by atoms with Gasteiger partial charge in [-0.05, 0) is 47.5 Å². The quantitative estimate of drug-likeness (QED) is 0.155. The molecule has 0 atom stereocenters. The molecule has 0 radical (unpaired) electrons. The van der Waals surface area contributed by atoms with E-state index in [1.807, 2.05) is 72.1 Å². The first kappa shape index (κ1) is 24.0. The maximum atomic E-state index is 12.1. The summed E-state index contributed by atoms with van der Waals surface area (Å²) in [6.07, 6.45) is 2.47. The Balaban J connectivity index is 1.18. The van der Waals surface area contributed by atoms with Gasteiger partial charge < -0.3 is 4.74 Å². The van der Waals surface area contributed by atoms with E-state index in [0.29, 0.717) is 11.6 Å². The maximum absolute atomic E-state index is 12.1. The lowest BCUT2D eigenvalue weighted by Crippen LogP contribution is -2.19. The van der Waals surface area contributed by atoms with Crippen LogP contribution in [-0.4, -0.2) is 29.5 Å². The highest BCUT2D eigenvalue weighted by molar-refractivity contribution is 8.01. The number of amides is 1. The first-order chi connectivity index (χ1) is 16.7. The monoisotopic (exact) mass is 507 g/mol. The molecule has 0 unspecified atom stereocenters. The van der Waals surface area contributed by atoms with Gasteiger partial charge in [-0.15, -0.1) is 11.3 Å². The molecular formula is C26H22ClN3O2S2. The predicted molar refractivity (Wildman–Crippen MR) is 141 cm³/mol. The number of hydrogen-bond acceptors (Lipinski definition) is 6. The second kappa shape index (κ2) is 12.4. The number of rotatable bonds is 10. The molecule has 1 aromatic heterocycles. The normalized spacial score (nSPS) is 11.0. The topological polar surface area (TPSA) is 63.6 Å². The third-order valence-corrected chi connectivity index (χ3v) is 7.01. The van der Waals surface area contributed by atoms with Crippen LogP contribution in [0.5, 0.6) is 5.75 Å². The zero-order chi connectivity index (χ0) is 23.6. The first-order valence-corrected chi connectivity index (χ1v) is 12.8. The third kappa shape index (κ3) is 7.45. The molecule has 0 saturated heterocycles. The summed E-state index contributed by atoms with van der Waals surface area (Å²) >= 11 is 8.82. The number of aromatic nitrogens is 1. The molecule has 4 aromatic rings. The van der Waals surface area contributed by atoms with E-state index in [2.05, 4.69) is 27.6 Å². The molecular weight excluding hydrogens is 486 g/mol. The van der Waals surface area contributed by atoms with Gasteiger partial charge in [-0.1, -0.05) is 65.8 Å². The Hall–Kier alpha value is -3.13. The zero-order valence-corrected chi connectivity index (χ0v) is 20.6. The molecule has 0 aliphatic heterocycles. The summed E-state index contributed by atoms with van der Waals surface area (Å²) in [5, 5.41) is 6.70. The molecule has 3 aromatic carbocycles. The zero-order valence-electron chi connectivity index (χ0n) is 18.2. The van der Waals surface area contributed by atoms with Crippen LogP contribution in [-0.2, 0) is 11.2 Å². The van der Waals surface area contributed by atoms with E-state index in [0.717, 1.165) is 33.3 Å². The van der Waals surface area contributed by atoms with Crippen molar-refractivity contribution in [1.29, 1.82) is 0 Å². The van der Waals surface area contributed by atoms with Crippen molar-refractivity contribution in [3.8, 4) is 17.0 Å². The molecule has 0 saturated carbocycles. The molecule has 34 heavy (non-hydrogen) atoms. The van der Waals surface area contributed by atoms with E-state index in [4.69, 9.17) is 16.3 Å². The minimum absolute atomic E-state index is 0.189. The van der Waals surface area contributed by atoms with E-state index in [9.17, 15) is 4.79 Å². The summed E-state index contributed by atoms with van der Waals surface area (Å²) in [5.74, 6) is 0.847. The maximum Gasteiger partial charge on any atom is 0.250 e. The van der Waals surface area contributed by atoms with Gasteiger partial charge in [0.15, 0.2) is 4.34 Å². The molecule has 1 amide bonds. The lowest BCUT2D eigenvalue weighted by Gasteiger charge is -2.06. The van der Waals surface area contributed by atoms with E-state index in [-0.39, 0.29) is 11.7 Å². The molecule has 8 heteroatoms. The van der Waals surface area contributed by atoms with Crippen LogP contribution >= 0.6 is 34.7 Å². The lowest BCUT2D eigenvalue weighted by molar-refractivity contribution is -0.118. The number of thiazole rings is 1. The van der Waals surface area contributed by atoms with Crippen molar-refractivity contribution in [3.05, 3.63) is 100 Å². The van der Waals surface area contributed by atoms with Crippen LogP contribution < -0.4 is 10.2 Å². The summed E-state index contributed by atoms with van der Waals surface area (Å²) in [4.78, 5) is 16.7. The molecule has 1 N–H and O–H groups in total. The van der Waals surface area contributed by atoms with Gasteiger partial charge in [0.2, 0.25) is 0 Å². The highest BCUT2D eigenvalue weighted by Crippen LogP contribution is 2.28. The molecule has 5 nitrogen and oxygen atoms in total. The van der Waals surface area contributed by atoms with Crippen LogP contribution in [0.4, 0.5) is 0 Å². The van der Waals surface area contributed by atoms with E-state index >= 15 is 0 Å². The molecule has 4 rings (SSSR count). The molecule has 172 valence electrons. The van der Waals surface area contributed by atoms with Crippen LogP contribution in [0.2, 0.25) is 5.02 Å². The van der Waals surface area contributed by atoms with Gasteiger partial charge in [0.05, 0.1) is 24.3 Å². The smallest absolute Gasteiger partial charge is 0.250 e. The van der Waals surface area contributed by atoms with Crippen molar-refractivity contribution in [2.45, 2.75) is 10.8 Å². The number of hydrazone groups is 1. The molecule has 1 heterocycles. The Morgan fingerprint density at radius 3 is 2.59 bits per heavy atom. The molecule has 0 spiro atoms. The van der Waals surface area contributed by atoms with E-state index in [1.54, 1.807) is 6.21 Å². The minimum atomic E-state index is -0.189. The van der Waals surface area contributed by atoms with E-state index < -0.39 is 0 Å². The number of benzene rings is 3. The Morgan fingerprint density at radius 2 is 1.82 bits per heavy atom. The minimum Gasteiger partial charge on any atom is -0.493 e. The van der Waals surface area contributed by atoms with Crippen molar-refractivity contribution in [1.82, 2.24) is 10.4 Å². The number of thioether (sulfide) groups is 1. The lowest BCUT2D eigenvalue weighted by atomic mass is 10.2. The largest absolute Gasteiger partial charge is 0.493 e. The number of carbonyl (C=O) groups excluding carboxylic acids is 1. The average Bonchev–Trinajstić information content (AvgIpc) is 3.34. The standard InChI is InChI=1S/C26H22ClN3O2S2/c27-22-10-8-21(9-11-22)24-17-33-26(29-24)34-18-25(31)30-28-16-20-6-12-23(13-7-20)32-15-14-19-4-2-1-3-5-19/h1-13,16-17H,14-15,18H2,(H,30,31)/b28-16+. The second-order valence-corrected chi connectivity index (χ2v) is 9.76. The molecule has 0 aliphatic carbocycles. The van der Waals surface area contributed by atoms with Crippen molar-refractivity contribution in [3.63, 3.8) is 0 Å². The fraction of sp³-hybridized carbons (Fsp3) is 0.115. The summed E-state index contributed by atoms with van der Waals surface area (Å²) in [5.41, 5.74) is 6.54. The van der Waals surface area contributed by atoms with Crippen LogP contribution in [0.15, 0.2) is 93.7 Å². The predicted octanol–water partition coefficient (Wildman–Crippen LogP) is 6.33. The van der Waals surface area contributed by atoms with Crippen molar-refractivity contribution in [2.75, 3.05) is 12.4 Å². The van der Waals surface area contributed by atoms with E-state index in [1.165, 1.54) is 28.7 Å². The van der Waals surface area contributed by atoms with Gasteiger partial charge in [0.25, 0.3) is 5.91 Å². The summed E-state index contributed by atoms with van der Waals surface area (Å²) in [6.45, 7) is 0.617. The Morgan fingerprint density at radius 1 is 1.06 bits per heavy atom. The summed E-state index contributed by atoms with van der Waals surface area (Å²) in [7, 11) is 0. The van der Waals surface area contributed by atoms with Gasteiger partial charge in [-0.2, -0.15) is 5.10 Å². The fourth-order valence-corrected chi connectivity index (χ4v) is 4.75. The van der Waals surface area contributed by atoms with Gasteiger partial charge in [0, 0.05) is 22.4 Å². The summed E-state index contributed by atoms with van der Waals surface area (Å²) < 4.78 is 6.61. The van der Waals surface area contributed by atoms with Gasteiger partial charge >= 0.3 is 0 Å². The molecule has 0 aliphatic rings. The Labute approximate surface area is 211 Å². The first-order valence-electron chi connectivity index (χ1n) is 10.6. The van der Waals surface area contributed by atoms with Crippen molar-refractivity contribution >= 4 is 46.8 Å². The second-order valence-electron chi connectivity index (χ2n) is 7.24. The van der Waals surface area contributed by atoms with Crippen LogP contribution in [0.3, 0.4) is 0 Å². The SMILES string of the molecule is O=C(CSc1nc(-c2ccc(Cl)cc2)cs1)N/N=C/c1ccc(OCCc2ccccc2)cc1. The number of nitrogens with zero attached hydrogens (tertiary/aromatic N) is 2. The number of nitrogens with one attached hydrogen (secondary N) is 1. The Bertz CT molecular complexity index is 1230. The van der Waals surface area contributed by atoms with Gasteiger partial charge in [-0.25, -0.2) is 10.4 Å². The average molecular weight is 508 g/mol. The van der Waals surface area contributed by atoms with Crippen molar-refractivity contribution < 1.29 is 9.53 Å². The van der Waals surface area contributed by atoms with Crippen LogP contribution in [0.1, 0.15) is 11.1 Å².